The first-order chi connectivity index (χ1) is 10.2. The fourth-order valence-electron chi connectivity index (χ4n) is 1.94. The third-order valence-corrected chi connectivity index (χ3v) is 2.93. The van der Waals surface area contributed by atoms with Gasteiger partial charge in [-0.05, 0) is 29.0 Å². The highest BCUT2D eigenvalue weighted by Crippen LogP contribution is 2.19. The predicted octanol–water partition coefficient (Wildman–Crippen LogP) is 3.79. The Labute approximate surface area is 119 Å². The lowest BCUT2D eigenvalue weighted by Gasteiger charge is -2.02. The van der Waals surface area contributed by atoms with Crippen LogP contribution < -0.4 is 5.43 Å². The zero-order chi connectivity index (χ0) is 14.7. The minimum Gasteiger partial charge on any atom is -0.400 e. The van der Waals surface area contributed by atoms with Crippen LogP contribution in [0.15, 0.2) is 64.1 Å². The normalized spacial score (nSPS) is 11.0. The van der Waals surface area contributed by atoms with Gasteiger partial charge in [-0.2, -0.15) is 5.10 Å². The molecule has 6 nitrogen and oxygen atoms in total. The van der Waals surface area contributed by atoms with Crippen LogP contribution in [0.1, 0.15) is 5.76 Å². The van der Waals surface area contributed by atoms with Gasteiger partial charge in [0.1, 0.15) is 4.92 Å². The number of nitrogens with one attached hydrogen (secondary N) is 1. The summed E-state index contributed by atoms with van der Waals surface area (Å²) in [6.45, 7) is 0. The molecule has 6 heteroatoms. The van der Waals surface area contributed by atoms with E-state index < -0.39 is 4.92 Å². The van der Waals surface area contributed by atoms with Gasteiger partial charge in [0.15, 0.2) is 5.76 Å². The number of anilines is 1. The molecule has 0 saturated heterocycles. The topological polar surface area (TPSA) is 80.7 Å². The monoisotopic (exact) mass is 281 g/mol. The molecule has 0 aliphatic rings. The van der Waals surface area contributed by atoms with Gasteiger partial charge in [-0.25, -0.2) is 0 Å². The van der Waals surface area contributed by atoms with Crippen LogP contribution in [0.5, 0.6) is 0 Å². The lowest BCUT2D eigenvalue weighted by molar-refractivity contribution is -0.402. The molecule has 1 aromatic heterocycles. The van der Waals surface area contributed by atoms with Gasteiger partial charge in [0.05, 0.1) is 18.0 Å². The zero-order valence-electron chi connectivity index (χ0n) is 10.9. The van der Waals surface area contributed by atoms with E-state index in [2.05, 4.69) is 10.5 Å². The van der Waals surface area contributed by atoms with E-state index in [1.165, 1.54) is 18.3 Å². The summed E-state index contributed by atoms with van der Waals surface area (Å²) in [5.41, 5.74) is 3.69. The summed E-state index contributed by atoms with van der Waals surface area (Å²) in [6, 6.07) is 16.6. The summed E-state index contributed by atoms with van der Waals surface area (Å²) in [4.78, 5) is 9.90. The molecule has 0 bridgehead atoms. The maximum atomic E-state index is 10.5. The van der Waals surface area contributed by atoms with Gasteiger partial charge in [0.2, 0.25) is 0 Å². The van der Waals surface area contributed by atoms with Crippen molar-refractivity contribution < 1.29 is 9.34 Å². The third-order valence-electron chi connectivity index (χ3n) is 2.93. The lowest BCUT2D eigenvalue weighted by atomic mass is 10.1. The van der Waals surface area contributed by atoms with E-state index in [4.69, 9.17) is 4.42 Å². The number of fused-ring (bicyclic) bond motifs is 1. The lowest BCUT2D eigenvalue weighted by Crippen LogP contribution is -1.89. The molecule has 3 rings (SSSR count). The standard InChI is InChI=1S/C15H11N3O3/c19-18(20)15-8-7-14(21-15)10-16-17-13-6-5-11-3-1-2-4-12(11)9-13/h1-10,17H/b16-10+. The number of hydrazone groups is 1. The number of hydrogen-bond acceptors (Lipinski definition) is 5. The van der Waals surface area contributed by atoms with Gasteiger partial charge in [-0.1, -0.05) is 30.3 Å². The molecular weight excluding hydrogens is 270 g/mol. The third kappa shape index (κ3) is 2.89. The number of benzene rings is 2. The Morgan fingerprint density at radius 2 is 1.90 bits per heavy atom. The Balaban J connectivity index is 1.73. The molecule has 0 aliphatic heterocycles. The first-order valence-corrected chi connectivity index (χ1v) is 6.24. The molecule has 104 valence electrons. The van der Waals surface area contributed by atoms with Gasteiger partial charge in [0.25, 0.3) is 0 Å². The molecule has 0 radical (unpaired) electrons. The van der Waals surface area contributed by atoms with Crippen LogP contribution in [0.25, 0.3) is 10.8 Å². The first-order valence-electron chi connectivity index (χ1n) is 6.24. The molecule has 21 heavy (non-hydrogen) atoms. The highest BCUT2D eigenvalue weighted by atomic mass is 16.6. The van der Waals surface area contributed by atoms with E-state index in [-0.39, 0.29) is 5.88 Å². The molecule has 2 aromatic carbocycles. The van der Waals surface area contributed by atoms with Crippen LogP contribution in [0, 0.1) is 10.1 Å². The summed E-state index contributed by atoms with van der Waals surface area (Å²) >= 11 is 0. The molecule has 0 spiro atoms. The number of nitro groups is 1. The smallest absolute Gasteiger partial charge is 0.400 e. The van der Waals surface area contributed by atoms with Crippen LogP contribution in [-0.4, -0.2) is 11.1 Å². The number of rotatable bonds is 4. The van der Waals surface area contributed by atoms with E-state index >= 15 is 0 Å². The minimum atomic E-state index is -0.589. The van der Waals surface area contributed by atoms with E-state index in [0.717, 1.165) is 16.5 Å². The average molecular weight is 281 g/mol. The predicted molar refractivity (Wildman–Crippen MR) is 80.5 cm³/mol. The number of furan rings is 1. The fraction of sp³-hybridized carbons (Fsp3) is 0. The second-order valence-electron chi connectivity index (χ2n) is 4.37. The number of nitrogens with zero attached hydrogens (tertiary/aromatic N) is 2. The summed E-state index contributed by atoms with van der Waals surface area (Å²) in [7, 11) is 0. The Morgan fingerprint density at radius 3 is 2.67 bits per heavy atom. The molecular formula is C15H11N3O3. The van der Waals surface area contributed by atoms with Crippen molar-refractivity contribution in [2.75, 3.05) is 5.43 Å². The Kier molecular flexibility index (Phi) is 3.34. The van der Waals surface area contributed by atoms with E-state index in [1.54, 1.807) is 0 Å². The second kappa shape index (κ2) is 5.46. The molecule has 1 heterocycles. The van der Waals surface area contributed by atoms with Crippen molar-refractivity contribution in [3.05, 3.63) is 70.5 Å². The van der Waals surface area contributed by atoms with Crippen molar-refractivity contribution in [2.45, 2.75) is 0 Å². The quantitative estimate of drug-likeness (QED) is 0.448. The van der Waals surface area contributed by atoms with E-state index in [1.807, 2.05) is 42.5 Å². The molecule has 1 N–H and O–H groups in total. The van der Waals surface area contributed by atoms with Gasteiger partial charge in [0, 0.05) is 0 Å². The van der Waals surface area contributed by atoms with Crippen LogP contribution >= 0.6 is 0 Å². The van der Waals surface area contributed by atoms with Crippen LogP contribution in [0.3, 0.4) is 0 Å². The van der Waals surface area contributed by atoms with Crippen molar-refractivity contribution in [1.82, 2.24) is 0 Å². The van der Waals surface area contributed by atoms with E-state index in [9.17, 15) is 10.1 Å². The first kappa shape index (κ1) is 12.9. The molecule has 0 aliphatic carbocycles. The van der Waals surface area contributed by atoms with E-state index in [0.29, 0.717) is 5.76 Å². The summed E-state index contributed by atoms with van der Waals surface area (Å²) in [5, 5.41) is 16.7. The van der Waals surface area contributed by atoms with Gasteiger partial charge in [-0.3, -0.25) is 15.5 Å². The largest absolute Gasteiger partial charge is 0.433 e. The van der Waals surface area contributed by atoms with Crippen LogP contribution in [-0.2, 0) is 0 Å². The highest BCUT2D eigenvalue weighted by molar-refractivity contribution is 5.86. The van der Waals surface area contributed by atoms with Crippen molar-refractivity contribution in [3.63, 3.8) is 0 Å². The minimum absolute atomic E-state index is 0.304. The summed E-state index contributed by atoms with van der Waals surface area (Å²) < 4.78 is 4.96. The zero-order valence-corrected chi connectivity index (χ0v) is 10.9. The molecule has 0 atom stereocenters. The van der Waals surface area contributed by atoms with Gasteiger partial charge < -0.3 is 4.42 Å². The van der Waals surface area contributed by atoms with Crippen molar-refractivity contribution in [1.29, 1.82) is 0 Å². The fourth-order valence-corrected chi connectivity index (χ4v) is 1.94. The van der Waals surface area contributed by atoms with Gasteiger partial charge in [-0.15, -0.1) is 0 Å². The van der Waals surface area contributed by atoms with Crippen molar-refractivity contribution >= 4 is 28.6 Å². The highest BCUT2D eigenvalue weighted by Gasteiger charge is 2.09. The molecule has 0 amide bonds. The Morgan fingerprint density at radius 1 is 1.10 bits per heavy atom. The molecule has 0 saturated carbocycles. The molecule has 0 unspecified atom stereocenters. The maximum Gasteiger partial charge on any atom is 0.433 e. The molecule has 3 aromatic rings. The van der Waals surface area contributed by atoms with Gasteiger partial charge >= 0.3 is 5.88 Å². The van der Waals surface area contributed by atoms with Crippen molar-refractivity contribution in [3.8, 4) is 0 Å². The Bertz CT molecular complexity index is 824. The Hall–Kier alpha value is -3.15. The van der Waals surface area contributed by atoms with Crippen LogP contribution in [0.2, 0.25) is 0 Å². The number of hydrogen-bond donors (Lipinski definition) is 1. The average Bonchev–Trinajstić information content (AvgIpc) is 2.96. The van der Waals surface area contributed by atoms with Crippen LogP contribution in [0.4, 0.5) is 11.6 Å². The SMILES string of the molecule is O=[N+]([O-])c1ccc(/C=N/Nc2ccc3ccccc3c2)o1. The maximum absolute atomic E-state index is 10.5. The summed E-state index contributed by atoms with van der Waals surface area (Å²) in [5.74, 6) is 0.0112. The second-order valence-corrected chi connectivity index (χ2v) is 4.37. The summed E-state index contributed by atoms with van der Waals surface area (Å²) in [6.07, 6.45) is 1.39. The van der Waals surface area contributed by atoms with Crippen molar-refractivity contribution in [2.24, 2.45) is 5.10 Å². The molecule has 0 fully saturated rings.